The molecule has 0 fully saturated rings. The highest BCUT2D eigenvalue weighted by molar-refractivity contribution is 8.14. The van der Waals surface area contributed by atoms with Crippen LogP contribution in [-0.2, 0) is 0 Å². The molecule has 0 aromatic heterocycles. The molecule has 0 saturated carbocycles. The zero-order valence-electron chi connectivity index (χ0n) is 10.1. The molecule has 2 rings (SSSR count). The van der Waals surface area contributed by atoms with Gasteiger partial charge in [-0.3, -0.25) is 4.99 Å². The van der Waals surface area contributed by atoms with Gasteiger partial charge in [-0.2, -0.15) is 8.78 Å². The third-order valence-electron chi connectivity index (χ3n) is 2.30. The third-order valence-corrected chi connectivity index (χ3v) is 3.61. The van der Waals surface area contributed by atoms with Crippen molar-refractivity contribution < 1.29 is 13.5 Å². The fourth-order valence-electron chi connectivity index (χ4n) is 1.49. The second kappa shape index (κ2) is 5.14. The Morgan fingerprint density at radius 2 is 2.00 bits per heavy atom. The van der Waals surface area contributed by atoms with Gasteiger partial charge in [0.2, 0.25) is 0 Å². The summed E-state index contributed by atoms with van der Waals surface area (Å²) in [7, 11) is 0. The highest BCUT2D eigenvalue weighted by atomic mass is 32.2. The Hall–Kier alpha value is -1.30. The average molecular weight is 272 g/mol. The van der Waals surface area contributed by atoms with E-state index in [1.807, 2.05) is 0 Å². The van der Waals surface area contributed by atoms with Gasteiger partial charge in [0, 0.05) is 11.4 Å². The first kappa shape index (κ1) is 13.1. The number of thioether (sulfide) groups is 1. The SMILES string of the molecule is CC1(C)CSC(Nc2ccc(OC(F)F)cc2)=N1. The Balaban J connectivity index is 1.99. The molecule has 0 spiro atoms. The molecule has 1 N–H and O–H groups in total. The van der Waals surface area contributed by atoms with E-state index in [0.29, 0.717) is 0 Å². The highest BCUT2D eigenvalue weighted by Crippen LogP contribution is 2.28. The zero-order valence-corrected chi connectivity index (χ0v) is 10.9. The molecule has 1 heterocycles. The van der Waals surface area contributed by atoms with Crippen LogP contribution in [0, 0.1) is 0 Å². The Bertz CT molecular complexity index is 446. The quantitative estimate of drug-likeness (QED) is 0.913. The van der Waals surface area contributed by atoms with E-state index in [1.54, 1.807) is 23.9 Å². The molecular weight excluding hydrogens is 258 g/mol. The maximum Gasteiger partial charge on any atom is 0.387 e. The fraction of sp³-hybridized carbons (Fsp3) is 0.417. The number of hydrogen-bond acceptors (Lipinski definition) is 4. The first-order chi connectivity index (χ1) is 8.44. The summed E-state index contributed by atoms with van der Waals surface area (Å²) in [5.74, 6) is 1.08. The van der Waals surface area contributed by atoms with Gasteiger partial charge in [-0.05, 0) is 38.1 Å². The first-order valence-corrected chi connectivity index (χ1v) is 6.48. The van der Waals surface area contributed by atoms with Crippen molar-refractivity contribution in [1.29, 1.82) is 0 Å². The summed E-state index contributed by atoms with van der Waals surface area (Å²) in [6.07, 6.45) is 0. The van der Waals surface area contributed by atoms with Gasteiger partial charge in [-0.15, -0.1) is 0 Å². The molecule has 0 unspecified atom stereocenters. The molecule has 98 valence electrons. The van der Waals surface area contributed by atoms with Crippen molar-refractivity contribution in [3.05, 3.63) is 24.3 Å². The van der Waals surface area contributed by atoms with E-state index in [9.17, 15) is 8.78 Å². The van der Waals surface area contributed by atoms with Crippen molar-refractivity contribution in [2.24, 2.45) is 4.99 Å². The molecule has 1 aromatic rings. The van der Waals surface area contributed by atoms with Gasteiger partial charge < -0.3 is 10.1 Å². The highest BCUT2D eigenvalue weighted by Gasteiger charge is 2.25. The predicted octanol–water partition coefficient (Wildman–Crippen LogP) is 3.58. The summed E-state index contributed by atoms with van der Waals surface area (Å²) in [6, 6.07) is 6.37. The summed E-state index contributed by atoms with van der Waals surface area (Å²) in [4.78, 5) is 4.50. The minimum Gasteiger partial charge on any atom is -0.435 e. The van der Waals surface area contributed by atoms with E-state index in [2.05, 4.69) is 28.9 Å². The van der Waals surface area contributed by atoms with Crippen LogP contribution < -0.4 is 10.1 Å². The van der Waals surface area contributed by atoms with E-state index in [0.717, 1.165) is 16.6 Å². The Kier molecular flexibility index (Phi) is 3.75. The molecule has 0 radical (unpaired) electrons. The van der Waals surface area contributed by atoms with Crippen LogP contribution in [0.25, 0.3) is 0 Å². The van der Waals surface area contributed by atoms with Gasteiger partial charge in [-0.25, -0.2) is 0 Å². The minimum atomic E-state index is -2.79. The summed E-state index contributed by atoms with van der Waals surface area (Å²) in [6.45, 7) is 1.34. The lowest BCUT2D eigenvalue weighted by Crippen LogP contribution is -2.15. The summed E-state index contributed by atoms with van der Waals surface area (Å²) in [5.41, 5.74) is 0.756. The van der Waals surface area contributed by atoms with Crippen LogP contribution in [0.2, 0.25) is 0 Å². The average Bonchev–Trinajstić information content (AvgIpc) is 2.60. The van der Waals surface area contributed by atoms with Gasteiger partial charge in [0.15, 0.2) is 5.17 Å². The third kappa shape index (κ3) is 3.60. The minimum absolute atomic E-state index is 0.0499. The van der Waals surface area contributed by atoms with Crippen molar-refractivity contribution in [3.63, 3.8) is 0 Å². The molecule has 6 heteroatoms. The number of hydrogen-bond donors (Lipinski definition) is 1. The number of nitrogens with one attached hydrogen (secondary N) is 1. The second-order valence-corrected chi connectivity index (χ2v) is 5.51. The van der Waals surface area contributed by atoms with Crippen molar-refractivity contribution >= 4 is 22.6 Å². The Labute approximate surface area is 109 Å². The largest absolute Gasteiger partial charge is 0.435 e. The smallest absolute Gasteiger partial charge is 0.387 e. The van der Waals surface area contributed by atoms with Crippen molar-refractivity contribution in [1.82, 2.24) is 0 Å². The molecule has 1 aliphatic heterocycles. The molecule has 3 nitrogen and oxygen atoms in total. The topological polar surface area (TPSA) is 33.6 Å². The maximum atomic E-state index is 12.0. The first-order valence-electron chi connectivity index (χ1n) is 5.49. The lowest BCUT2D eigenvalue weighted by Gasteiger charge is -2.09. The summed E-state index contributed by atoms with van der Waals surface area (Å²) < 4.78 is 28.2. The Morgan fingerprint density at radius 1 is 1.33 bits per heavy atom. The van der Waals surface area contributed by atoms with Crippen molar-refractivity contribution in [3.8, 4) is 5.75 Å². The second-order valence-electron chi connectivity index (χ2n) is 4.55. The number of rotatable bonds is 3. The molecule has 18 heavy (non-hydrogen) atoms. The van der Waals surface area contributed by atoms with E-state index < -0.39 is 6.61 Å². The molecular formula is C12H14F2N2OS. The van der Waals surface area contributed by atoms with Gasteiger partial charge >= 0.3 is 6.61 Å². The predicted molar refractivity (Wildman–Crippen MR) is 70.7 cm³/mol. The number of nitrogens with zero attached hydrogens (tertiary/aromatic N) is 1. The summed E-state index contributed by atoms with van der Waals surface area (Å²) in [5, 5.41) is 4.00. The molecule has 1 aromatic carbocycles. The molecule has 1 aliphatic rings. The number of halogens is 2. The normalized spacial score (nSPS) is 17.7. The van der Waals surface area contributed by atoms with Gasteiger partial charge in [-0.1, -0.05) is 11.8 Å². The van der Waals surface area contributed by atoms with Crippen molar-refractivity contribution in [2.75, 3.05) is 11.1 Å². The fourth-order valence-corrected chi connectivity index (χ4v) is 2.55. The van der Waals surface area contributed by atoms with Crippen LogP contribution in [0.5, 0.6) is 5.75 Å². The van der Waals surface area contributed by atoms with Crippen LogP contribution in [0.15, 0.2) is 29.3 Å². The number of anilines is 1. The standard InChI is InChI=1S/C12H14F2N2OS/c1-12(2)7-18-11(16-12)15-8-3-5-9(6-4-8)17-10(13)14/h3-6,10H,7H2,1-2H3,(H,15,16). The monoisotopic (exact) mass is 272 g/mol. The van der Waals surface area contributed by atoms with E-state index in [-0.39, 0.29) is 11.3 Å². The van der Waals surface area contributed by atoms with Crippen LogP contribution >= 0.6 is 11.8 Å². The Morgan fingerprint density at radius 3 is 2.50 bits per heavy atom. The maximum absolute atomic E-state index is 12.0. The van der Waals surface area contributed by atoms with Crippen molar-refractivity contribution in [2.45, 2.75) is 26.0 Å². The van der Waals surface area contributed by atoms with Crippen LogP contribution in [-0.4, -0.2) is 23.1 Å². The number of amidine groups is 1. The number of alkyl halides is 2. The lowest BCUT2D eigenvalue weighted by atomic mass is 10.1. The van der Waals surface area contributed by atoms with Crippen LogP contribution in [0.4, 0.5) is 14.5 Å². The van der Waals surface area contributed by atoms with E-state index >= 15 is 0 Å². The van der Waals surface area contributed by atoms with Crippen LogP contribution in [0.3, 0.4) is 0 Å². The molecule has 0 bridgehead atoms. The van der Waals surface area contributed by atoms with E-state index in [1.165, 1.54) is 12.1 Å². The zero-order chi connectivity index (χ0) is 13.2. The molecule has 0 atom stereocenters. The van der Waals surface area contributed by atoms with E-state index in [4.69, 9.17) is 0 Å². The number of aliphatic imine (C=N–C) groups is 1. The summed E-state index contributed by atoms with van der Waals surface area (Å²) >= 11 is 1.65. The van der Waals surface area contributed by atoms with Crippen LogP contribution in [0.1, 0.15) is 13.8 Å². The molecule has 0 saturated heterocycles. The van der Waals surface area contributed by atoms with Gasteiger partial charge in [0.1, 0.15) is 5.75 Å². The van der Waals surface area contributed by atoms with Gasteiger partial charge in [0.25, 0.3) is 0 Å². The molecule has 0 amide bonds. The lowest BCUT2D eigenvalue weighted by molar-refractivity contribution is -0.0498. The molecule has 0 aliphatic carbocycles. The van der Waals surface area contributed by atoms with Gasteiger partial charge in [0.05, 0.1) is 5.54 Å². The number of ether oxygens (including phenoxy) is 1. The number of benzene rings is 1.